The molecule has 1 N–H and O–H groups in total. The Kier molecular flexibility index (Phi) is 4.27. The molecule has 1 saturated heterocycles. The average molecular weight is 277 g/mol. The standard InChI is InChI=1S/C14H15NO3S/c1-2-3-8-15-13(17)12(19-14(15)18)9-10-4-6-11(16)7-5-10/h4-7,9,16H,2-3,8H2,1H3. The number of aromatic hydroxyl groups is 1. The van der Waals surface area contributed by atoms with E-state index in [1.54, 1.807) is 30.3 Å². The van der Waals surface area contributed by atoms with Gasteiger partial charge in [0.2, 0.25) is 0 Å². The summed E-state index contributed by atoms with van der Waals surface area (Å²) in [6, 6.07) is 6.50. The lowest BCUT2D eigenvalue weighted by Crippen LogP contribution is -2.29. The quantitative estimate of drug-likeness (QED) is 0.858. The topological polar surface area (TPSA) is 57.6 Å². The predicted octanol–water partition coefficient (Wildman–Crippen LogP) is 3.23. The molecule has 1 aromatic carbocycles. The zero-order chi connectivity index (χ0) is 13.8. The second kappa shape index (κ2) is 5.93. The van der Waals surface area contributed by atoms with Crippen LogP contribution in [-0.4, -0.2) is 27.7 Å². The van der Waals surface area contributed by atoms with Crippen LogP contribution in [-0.2, 0) is 4.79 Å². The second-order valence-corrected chi connectivity index (χ2v) is 5.27. The Balaban J connectivity index is 2.16. The van der Waals surface area contributed by atoms with E-state index in [1.165, 1.54) is 4.90 Å². The zero-order valence-electron chi connectivity index (χ0n) is 10.6. The molecule has 1 heterocycles. The van der Waals surface area contributed by atoms with E-state index in [-0.39, 0.29) is 16.9 Å². The van der Waals surface area contributed by atoms with E-state index in [9.17, 15) is 14.7 Å². The van der Waals surface area contributed by atoms with Gasteiger partial charge in [-0.25, -0.2) is 0 Å². The number of thioether (sulfide) groups is 1. The van der Waals surface area contributed by atoms with Gasteiger partial charge in [0.15, 0.2) is 0 Å². The Bertz CT molecular complexity index is 522. The molecule has 1 aromatic rings. The molecule has 4 nitrogen and oxygen atoms in total. The van der Waals surface area contributed by atoms with E-state index >= 15 is 0 Å². The summed E-state index contributed by atoms with van der Waals surface area (Å²) in [7, 11) is 0. The van der Waals surface area contributed by atoms with Crippen molar-refractivity contribution in [1.82, 2.24) is 4.90 Å². The van der Waals surface area contributed by atoms with Crippen LogP contribution >= 0.6 is 11.8 Å². The number of phenolic OH excluding ortho intramolecular Hbond substituents is 1. The van der Waals surface area contributed by atoms with Crippen molar-refractivity contribution >= 4 is 29.0 Å². The fraction of sp³-hybridized carbons (Fsp3) is 0.286. The number of rotatable bonds is 4. The maximum atomic E-state index is 12.1. The molecule has 0 unspecified atom stereocenters. The third-order valence-electron chi connectivity index (χ3n) is 2.80. The van der Waals surface area contributed by atoms with Gasteiger partial charge in [0.1, 0.15) is 5.75 Å². The van der Waals surface area contributed by atoms with E-state index in [1.807, 2.05) is 6.92 Å². The highest BCUT2D eigenvalue weighted by Crippen LogP contribution is 2.32. The highest BCUT2D eigenvalue weighted by molar-refractivity contribution is 8.18. The Labute approximate surface area is 116 Å². The van der Waals surface area contributed by atoms with Gasteiger partial charge >= 0.3 is 0 Å². The fourth-order valence-corrected chi connectivity index (χ4v) is 2.60. The molecule has 0 aliphatic carbocycles. The third-order valence-corrected chi connectivity index (χ3v) is 3.71. The summed E-state index contributed by atoms with van der Waals surface area (Å²) in [5, 5.41) is 8.99. The molecule has 1 aliphatic rings. The van der Waals surface area contributed by atoms with Crippen LogP contribution in [0.4, 0.5) is 4.79 Å². The first-order valence-corrected chi connectivity index (χ1v) is 6.98. The van der Waals surface area contributed by atoms with Gasteiger partial charge in [-0.05, 0) is 42.0 Å². The number of carbonyl (C=O) groups is 2. The SMILES string of the molecule is CCCCN1C(=O)SC(=Cc2ccc(O)cc2)C1=O. The van der Waals surface area contributed by atoms with Crippen molar-refractivity contribution in [3.63, 3.8) is 0 Å². The van der Waals surface area contributed by atoms with Crippen molar-refractivity contribution in [3.05, 3.63) is 34.7 Å². The number of carbonyl (C=O) groups excluding carboxylic acids is 2. The summed E-state index contributed by atoms with van der Waals surface area (Å²) in [5.41, 5.74) is 0.791. The summed E-state index contributed by atoms with van der Waals surface area (Å²) in [4.78, 5) is 25.5. The lowest BCUT2D eigenvalue weighted by molar-refractivity contribution is -0.122. The van der Waals surface area contributed by atoms with Gasteiger partial charge < -0.3 is 5.11 Å². The van der Waals surface area contributed by atoms with Gasteiger partial charge in [-0.1, -0.05) is 25.5 Å². The molecule has 19 heavy (non-hydrogen) atoms. The van der Waals surface area contributed by atoms with Gasteiger partial charge in [0, 0.05) is 6.54 Å². The lowest BCUT2D eigenvalue weighted by Gasteiger charge is -2.10. The first-order valence-electron chi connectivity index (χ1n) is 6.16. The molecule has 2 rings (SSSR count). The van der Waals surface area contributed by atoms with Crippen molar-refractivity contribution in [1.29, 1.82) is 0 Å². The summed E-state index contributed by atoms with van der Waals surface area (Å²) >= 11 is 0.967. The summed E-state index contributed by atoms with van der Waals surface area (Å²) in [5.74, 6) is -0.0512. The van der Waals surface area contributed by atoms with E-state index in [0.717, 1.165) is 30.2 Å². The lowest BCUT2D eigenvalue weighted by atomic mass is 10.2. The van der Waals surface area contributed by atoms with Gasteiger partial charge in [0.25, 0.3) is 11.1 Å². The molecule has 1 fully saturated rings. The van der Waals surface area contributed by atoms with Crippen LogP contribution in [0.3, 0.4) is 0 Å². The molecule has 0 spiro atoms. The number of unbranched alkanes of at least 4 members (excludes halogenated alkanes) is 1. The monoisotopic (exact) mass is 277 g/mol. The highest BCUT2D eigenvalue weighted by atomic mass is 32.2. The Morgan fingerprint density at radius 2 is 1.95 bits per heavy atom. The number of benzene rings is 1. The van der Waals surface area contributed by atoms with Gasteiger partial charge in [-0.15, -0.1) is 0 Å². The largest absolute Gasteiger partial charge is 0.508 e. The maximum Gasteiger partial charge on any atom is 0.293 e. The van der Waals surface area contributed by atoms with Crippen LogP contribution < -0.4 is 0 Å². The van der Waals surface area contributed by atoms with Crippen LogP contribution in [0.15, 0.2) is 29.2 Å². The second-order valence-electron chi connectivity index (χ2n) is 4.28. The molecule has 5 heteroatoms. The maximum absolute atomic E-state index is 12.1. The third kappa shape index (κ3) is 3.17. The summed E-state index contributed by atoms with van der Waals surface area (Å²) in [6.07, 6.45) is 3.44. The molecule has 0 saturated carbocycles. The molecular formula is C14H15NO3S. The Hall–Kier alpha value is -1.75. The predicted molar refractivity (Wildman–Crippen MR) is 75.7 cm³/mol. The van der Waals surface area contributed by atoms with Crippen molar-refractivity contribution < 1.29 is 14.7 Å². The normalized spacial score (nSPS) is 17.5. The smallest absolute Gasteiger partial charge is 0.293 e. The molecule has 0 bridgehead atoms. The average Bonchev–Trinajstić information content (AvgIpc) is 2.65. The van der Waals surface area contributed by atoms with E-state index in [4.69, 9.17) is 0 Å². The van der Waals surface area contributed by atoms with Gasteiger partial charge in [0.05, 0.1) is 4.91 Å². The van der Waals surface area contributed by atoms with Crippen molar-refractivity contribution in [2.45, 2.75) is 19.8 Å². The molecule has 1 aliphatic heterocycles. The number of phenols is 1. The van der Waals surface area contributed by atoms with E-state index in [2.05, 4.69) is 0 Å². The first-order chi connectivity index (χ1) is 9.11. The summed E-state index contributed by atoms with van der Waals surface area (Å²) < 4.78 is 0. The molecule has 0 radical (unpaired) electrons. The van der Waals surface area contributed by atoms with Crippen LogP contribution in [0.1, 0.15) is 25.3 Å². The van der Waals surface area contributed by atoms with Gasteiger partial charge in [-0.2, -0.15) is 0 Å². The van der Waals surface area contributed by atoms with Crippen LogP contribution in [0, 0.1) is 0 Å². The summed E-state index contributed by atoms with van der Waals surface area (Å²) in [6.45, 7) is 2.50. The molecular weight excluding hydrogens is 262 g/mol. The number of hydrogen-bond donors (Lipinski definition) is 1. The van der Waals surface area contributed by atoms with Crippen LogP contribution in [0.5, 0.6) is 5.75 Å². The van der Waals surface area contributed by atoms with Crippen LogP contribution in [0.25, 0.3) is 6.08 Å². The molecule has 100 valence electrons. The van der Waals surface area contributed by atoms with E-state index < -0.39 is 0 Å². The highest BCUT2D eigenvalue weighted by Gasteiger charge is 2.34. The number of amides is 2. The van der Waals surface area contributed by atoms with Gasteiger partial charge in [-0.3, -0.25) is 14.5 Å². The fourth-order valence-electron chi connectivity index (χ4n) is 1.73. The van der Waals surface area contributed by atoms with E-state index in [0.29, 0.717) is 11.4 Å². The van der Waals surface area contributed by atoms with Crippen molar-refractivity contribution in [2.24, 2.45) is 0 Å². The van der Waals surface area contributed by atoms with Crippen LogP contribution in [0.2, 0.25) is 0 Å². The zero-order valence-corrected chi connectivity index (χ0v) is 11.4. The number of imide groups is 1. The molecule has 0 atom stereocenters. The Morgan fingerprint density at radius 3 is 2.58 bits per heavy atom. The minimum Gasteiger partial charge on any atom is -0.508 e. The number of nitrogens with zero attached hydrogens (tertiary/aromatic N) is 1. The first kappa shape index (κ1) is 13.7. The molecule has 0 aromatic heterocycles. The Morgan fingerprint density at radius 1 is 1.26 bits per heavy atom. The minimum absolute atomic E-state index is 0.174. The van der Waals surface area contributed by atoms with Crippen molar-refractivity contribution in [2.75, 3.05) is 6.54 Å². The van der Waals surface area contributed by atoms with Crippen molar-refractivity contribution in [3.8, 4) is 5.75 Å². The number of hydrogen-bond acceptors (Lipinski definition) is 4. The minimum atomic E-state index is -0.225. The molecule has 2 amide bonds.